The average molecular weight is 261 g/mol. The molecule has 0 atom stereocenters. The van der Waals surface area contributed by atoms with Crippen LogP contribution in [0.4, 0.5) is 5.82 Å². The van der Waals surface area contributed by atoms with E-state index in [2.05, 4.69) is 25.4 Å². The molecule has 0 aromatic carbocycles. The molecule has 0 aliphatic carbocycles. The summed E-state index contributed by atoms with van der Waals surface area (Å²) in [6.45, 7) is 0.889. The lowest BCUT2D eigenvalue weighted by Gasteiger charge is -2.10. The van der Waals surface area contributed by atoms with Gasteiger partial charge in [-0.05, 0) is 14.1 Å². The van der Waals surface area contributed by atoms with E-state index in [1.54, 1.807) is 10.9 Å². The maximum Gasteiger partial charge on any atom is 0.144 e. The molecule has 0 aliphatic rings. The Morgan fingerprint density at radius 1 is 1.37 bits per heavy atom. The van der Waals surface area contributed by atoms with Crippen LogP contribution in [0.3, 0.4) is 0 Å². The number of rotatable bonds is 5. The topological polar surface area (TPSA) is 84.9 Å². The third-order valence-electron chi connectivity index (χ3n) is 2.70. The molecule has 7 nitrogen and oxygen atoms in total. The van der Waals surface area contributed by atoms with E-state index in [9.17, 15) is 0 Å². The van der Waals surface area contributed by atoms with E-state index in [-0.39, 0.29) is 0 Å². The van der Waals surface area contributed by atoms with Crippen LogP contribution in [0.25, 0.3) is 11.3 Å². The first kappa shape index (κ1) is 13.4. The van der Waals surface area contributed by atoms with Crippen LogP contribution >= 0.6 is 0 Å². The molecule has 0 amide bonds. The number of hydrazine groups is 1. The molecule has 2 aromatic rings. The minimum absolute atomic E-state index is 0.614. The summed E-state index contributed by atoms with van der Waals surface area (Å²) < 4.78 is 1.74. The Morgan fingerprint density at radius 3 is 2.74 bits per heavy atom. The molecule has 102 valence electrons. The fourth-order valence-electron chi connectivity index (χ4n) is 1.71. The maximum atomic E-state index is 5.46. The quantitative estimate of drug-likeness (QED) is 0.593. The summed E-state index contributed by atoms with van der Waals surface area (Å²) in [5, 5.41) is 4.15. The summed E-state index contributed by atoms with van der Waals surface area (Å²) in [5.41, 5.74) is 4.36. The third-order valence-corrected chi connectivity index (χ3v) is 2.70. The van der Waals surface area contributed by atoms with Crippen LogP contribution < -0.4 is 11.3 Å². The van der Waals surface area contributed by atoms with Gasteiger partial charge in [-0.2, -0.15) is 5.10 Å². The number of likely N-dealkylation sites (N-methyl/N-ethyl adjacent to an activating group) is 1. The van der Waals surface area contributed by atoms with Crippen LogP contribution in [0.1, 0.15) is 5.82 Å². The Bertz CT molecular complexity index is 547. The first-order chi connectivity index (χ1) is 9.08. The smallest absolute Gasteiger partial charge is 0.144 e. The highest BCUT2D eigenvalue weighted by atomic mass is 15.3. The van der Waals surface area contributed by atoms with Crippen molar-refractivity contribution in [1.82, 2.24) is 24.6 Å². The van der Waals surface area contributed by atoms with Gasteiger partial charge < -0.3 is 10.3 Å². The first-order valence-electron chi connectivity index (χ1n) is 6.07. The Labute approximate surface area is 112 Å². The number of nitrogen functional groups attached to an aromatic ring is 1. The number of hydrogen-bond donors (Lipinski definition) is 2. The van der Waals surface area contributed by atoms with Crippen LogP contribution in [-0.2, 0) is 13.5 Å². The van der Waals surface area contributed by atoms with Gasteiger partial charge >= 0.3 is 0 Å². The van der Waals surface area contributed by atoms with Crippen molar-refractivity contribution in [1.29, 1.82) is 0 Å². The summed E-state index contributed by atoms with van der Waals surface area (Å²) in [6.07, 6.45) is 4.46. The van der Waals surface area contributed by atoms with Crippen LogP contribution in [0.15, 0.2) is 18.5 Å². The SMILES string of the molecule is CN(C)CCc1nc(NN)cc(-c2cnn(C)c2)n1. The number of nitrogens with two attached hydrogens (primary N) is 1. The standard InChI is InChI=1S/C12H19N7/c1-18(2)5-4-11-15-10(6-12(16-11)17-13)9-7-14-19(3)8-9/h6-8H,4-5,13H2,1-3H3,(H,15,16,17). The van der Waals surface area contributed by atoms with Gasteiger partial charge in [-0.1, -0.05) is 0 Å². The summed E-state index contributed by atoms with van der Waals surface area (Å²) in [5.74, 6) is 6.84. The van der Waals surface area contributed by atoms with Crippen molar-refractivity contribution in [2.45, 2.75) is 6.42 Å². The van der Waals surface area contributed by atoms with Gasteiger partial charge in [-0.3, -0.25) is 4.68 Å². The van der Waals surface area contributed by atoms with E-state index >= 15 is 0 Å². The highest BCUT2D eigenvalue weighted by molar-refractivity contribution is 5.60. The fourth-order valence-corrected chi connectivity index (χ4v) is 1.71. The molecule has 2 rings (SSSR count). The molecule has 2 heterocycles. The number of nitrogens with zero attached hydrogens (tertiary/aromatic N) is 5. The second-order valence-corrected chi connectivity index (χ2v) is 4.65. The third kappa shape index (κ3) is 3.49. The second-order valence-electron chi connectivity index (χ2n) is 4.65. The molecule has 19 heavy (non-hydrogen) atoms. The lowest BCUT2D eigenvalue weighted by Crippen LogP contribution is -2.17. The molecular weight excluding hydrogens is 242 g/mol. The highest BCUT2D eigenvalue weighted by Crippen LogP contribution is 2.18. The van der Waals surface area contributed by atoms with Gasteiger partial charge in [0.2, 0.25) is 0 Å². The van der Waals surface area contributed by atoms with Crippen molar-refractivity contribution in [2.75, 3.05) is 26.1 Å². The first-order valence-corrected chi connectivity index (χ1v) is 6.07. The van der Waals surface area contributed by atoms with Crippen LogP contribution in [-0.4, -0.2) is 45.3 Å². The lowest BCUT2D eigenvalue weighted by atomic mass is 10.2. The Balaban J connectivity index is 2.30. The minimum atomic E-state index is 0.614. The van der Waals surface area contributed by atoms with Crippen molar-refractivity contribution in [2.24, 2.45) is 12.9 Å². The summed E-state index contributed by atoms with van der Waals surface area (Å²) in [7, 11) is 5.92. The summed E-state index contributed by atoms with van der Waals surface area (Å²) >= 11 is 0. The van der Waals surface area contributed by atoms with Crippen molar-refractivity contribution >= 4 is 5.82 Å². The predicted octanol–water partition coefficient (Wildman–Crippen LogP) is 0.267. The molecule has 0 saturated heterocycles. The van der Waals surface area contributed by atoms with Gasteiger partial charge in [-0.15, -0.1) is 0 Å². The Kier molecular flexibility index (Phi) is 4.08. The van der Waals surface area contributed by atoms with Gasteiger partial charge in [0.05, 0.1) is 11.9 Å². The molecule has 7 heteroatoms. The lowest BCUT2D eigenvalue weighted by molar-refractivity contribution is 0.409. The van der Waals surface area contributed by atoms with Gasteiger partial charge in [0.1, 0.15) is 11.6 Å². The molecule has 3 N–H and O–H groups in total. The summed E-state index contributed by atoms with van der Waals surface area (Å²) in [6, 6.07) is 1.82. The molecule has 2 aromatic heterocycles. The van der Waals surface area contributed by atoms with E-state index in [4.69, 9.17) is 5.84 Å². The van der Waals surface area contributed by atoms with Crippen LogP contribution in [0.2, 0.25) is 0 Å². The normalized spacial score (nSPS) is 11.0. The van der Waals surface area contributed by atoms with E-state index in [0.717, 1.165) is 30.0 Å². The van der Waals surface area contributed by atoms with E-state index < -0.39 is 0 Å². The molecule has 0 saturated carbocycles. The molecule has 0 radical (unpaired) electrons. The van der Waals surface area contributed by atoms with E-state index in [0.29, 0.717) is 5.82 Å². The molecule has 0 fully saturated rings. The maximum absolute atomic E-state index is 5.46. The number of aryl methyl sites for hydroxylation is 1. The number of anilines is 1. The van der Waals surface area contributed by atoms with Crippen molar-refractivity contribution in [3.63, 3.8) is 0 Å². The molecule has 0 unspecified atom stereocenters. The Morgan fingerprint density at radius 2 is 2.16 bits per heavy atom. The van der Waals surface area contributed by atoms with Crippen molar-refractivity contribution < 1.29 is 0 Å². The van der Waals surface area contributed by atoms with Crippen LogP contribution in [0.5, 0.6) is 0 Å². The van der Waals surface area contributed by atoms with Gasteiger partial charge in [0, 0.05) is 37.8 Å². The number of hydrogen-bond acceptors (Lipinski definition) is 6. The zero-order valence-electron chi connectivity index (χ0n) is 11.5. The van der Waals surface area contributed by atoms with E-state index in [1.165, 1.54) is 0 Å². The van der Waals surface area contributed by atoms with Gasteiger partial charge in [0.15, 0.2) is 0 Å². The molecule has 0 spiro atoms. The van der Waals surface area contributed by atoms with Crippen LogP contribution in [0, 0.1) is 0 Å². The predicted molar refractivity (Wildman–Crippen MR) is 74.3 cm³/mol. The van der Waals surface area contributed by atoms with Gasteiger partial charge in [-0.25, -0.2) is 15.8 Å². The number of nitrogens with one attached hydrogen (secondary N) is 1. The minimum Gasteiger partial charge on any atom is -0.309 e. The monoisotopic (exact) mass is 261 g/mol. The molecular formula is C12H19N7. The average Bonchev–Trinajstić information content (AvgIpc) is 2.82. The summed E-state index contributed by atoms with van der Waals surface area (Å²) in [4.78, 5) is 11.0. The highest BCUT2D eigenvalue weighted by Gasteiger charge is 2.08. The largest absolute Gasteiger partial charge is 0.309 e. The zero-order valence-corrected chi connectivity index (χ0v) is 11.5. The molecule has 0 aliphatic heterocycles. The molecule has 0 bridgehead atoms. The van der Waals surface area contributed by atoms with E-state index in [1.807, 2.05) is 33.4 Å². The van der Waals surface area contributed by atoms with Gasteiger partial charge in [0.25, 0.3) is 0 Å². The fraction of sp³-hybridized carbons (Fsp3) is 0.417. The Hall–Kier alpha value is -1.99. The zero-order chi connectivity index (χ0) is 13.8. The van der Waals surface area contributed by atoms with Crippen molar-refractivity contribution in [3.05, 3.63) is 24.3 Å². The second kappa shape index (κ2) is 5.77. The van der Waals surface area contributed by atoms with Crippen molar-refractivity contribution in [3.8, 4) is 11.3 Å². The number of aromatic nitrogens is 4.